The average Bonchev–Trinajstić information content (AvgIpc) is 2.63. The summed E-state index contributed by atoms with van der Waals surface area (Å²) in [6.45, 7) is 5.47. The van der Waals surface area contributed by atoms with Gasteiger partial charge in [0.25, 0.3) is 5.69 Å². The number of benzene rings is 2. The van der Waals surface area contributed by atoms with Gasteiger partial charge < -0.3 is 10.2 Å². The monoisotopic (exact) mass is 339 g/mol. The van der Waals surface area contributed by atoms with E-state index >= 15 is 0 Å². The highest BCUT2D eigenvalue weighted by Gasteiger charge is 2.25. The number of hydrogen-bond donors (Lipinski definition) is 1. The molecule has 1 fully saturated rings. The molecule has 1 heterocycles. The molecule has 0 aromatic heterocycles. The second-order valence-electron chi connectivity index (χ2n) is 6.86. The highest BCUT2D eigenvalue weighted by Crippen LogP contribution is 2.21. The molecule has 1 aliphatic heterocycles. The quantitative estimate of drug-likeness (QED) is 0.639. The maximum Gasteiger partial charge on any atom is 0.269 e. The Morgan fingerprint density at radius 2 is 1.88 bits per heavy atom. The number of nitro benzene ring substituents is 1. The number of piperidine rings is 1. The van der Waals surface area contributed by atoms with Crippen molar-refractivity contribution in [2.24, 2.45) is 5.92 Å². The Morgan fingerprint density at radius 1 is 1.16 bits per heavy atom. The molecule has 0 radical (unpaired) electrons. The Morgan fingerprint density at radius 3 is 2.52 bits per heavy atom. The topological polar surface area (TPSA) is 58.4 Å². The van der Waals surface area contributed by atoms with Crippen LogP contribution in [0, 0.1) is 16.0 Å². The Bertz CT molecular complexity index is 688. The van der Waals surface area contributed by atoms with Crippen molar-refractivity contribution < 1.29 is 4.92 Å². The van der Waals surface area contributed by atoms with Gasteiger partial charge in [0.1, 0.15) is 0 Å². The number of para-hydroxylation sites is 1. The predicted molar refractivity (Wildman–Crippen MR) is 101 cm³/mol. The summed E-state index contributed by atoms with van der Waals surface area (Å²) in [6.07, 6.45) is 2.07. The summed E-state index contributed by atoms with van der Waals surface area (Å²) in [5, 5.41) is 14.4. The second kappa shape index (κ2) is 8.12. The van der Waals surface area contributed by atoms with Crippen LogP contribution in [0.2, 0.25) is 0 Å². The van der Waals surface area contributed by atoms with Crippen LogP contribution in [0.25, 0.3) is 0 Å². The molecule has 3 rings (SSSR count). The molecule has 5 nitrogen and oxygen atoms in total. The zero-order valence-electron chi connectivity index (χ0n) is 14.6. The van der Waals surface area contributed by atoms with E-state index in [-0.39, 0.29) is 10.6 Å². The molecule has 0 saturated carbocycles. The zero-order valence-corrected chi connectivity index (χ0v) is 14.6. The summed E-state index contributed by atoms with van der Waals surface area (Å²) in [5.41, 5.74) is 2.51. The fourth-order valence-electron chi connectivity index (χ4n) is 3.47. The van der Waals surface area contributed by atoms with Gasteiger partial charge in [-0.2, -0.15) is 0 Å². The first kappa shape index (κ1) is 17.4. The molecule has 0 bridgehead atoms. The van der Waals surface area contributed by atoms with Crippen molar-refractivity contribution in [3.8, 4) is 0 Å². The largest absolute Gasteiger partial charge is 0.382 e. The third kappa shape index (κ3) is 4.79. The molecule has 1 N–H and O–H groups in total. The molecule has 25 heavy (non-hydrogen) atoms. The van der Waals surface area contributed by atoms with Crippen molar-refractivity contribution in [2.75, 3.05) is 25.0 Å². The van der Waals surface area contributed by atoms with Gasteiger partial charge in [-0.1, -0.05) is 37.3 Å². The number of hydrogen-bond acceptors (Lipinski definition) is 4. The Kier molecular flexibility index (Phi) is 5.66. The van der Waals surface area contributed by atoms with Crippen molar-refractivity contribution in [3.05, 3.63) is 70.3 Å². The molecule has 1 saturated heterocycles. The van der Waals surface area contributed by atoms with E-state index in [9.17, 15) is 10.1 Å². The van der Waals surface area contributed by atoms with Gasteiger partial charge >= 0.3 is 0 Å². The van der Waals surface area contributed by atoms with Gasteiger partial charge in [-0.15, -0.1) is 0 Å². The van der Waals surface area contributed by atoms with E-state index in [0.717, 1.165) is 38.0 Å². The van der Waals surface area contributed by atoms with Crippen molar-refractivity contribution in [2.45, 2.75) is 25.8 Å². The molecule has 2 aromatic rings. The van der Waals surface area contributed by atoms with E-state index < -0.39 is 0 Å². The first-order chi connectivity index (χ1) is 12.1. The minimum absolute atomic E-state index is 0.158. The number of nitrogens with one attached hydrogen (secondary N) is 1. The summed E-state index contributed by atoms with van der Waals surface area (Å²) in [6, 6.07) is 17.8. The fourth-order valence-corrected chi connectivity index (χ4v) is 3.47. The van der Waals surface area contributed by atoms with Gasteiger partial charge in [-0.3, -0.25) is 10.1 Å². The number of non-ortho nitro benzene ring substituents is 1. The van der Waals surface area contributed by atoms with Gasteiger partial charge in [-0.05, 0) is 36.5 Å². The number of nitro groups is 1. The minimum atomic E-state index is -0.351. The minimum Gasteiger partial charge on any atom is -0.382 e. The number of nitrogens with zero attached hydrogens (tertiary/aromatic N) is 2. The number of rotatable bonds is 6. The highest BCUT2D eigenvalue weighted by molar-refractivity contribution is 5.43. The molecule has 5 heteroatoms. The SMILES string of the molecule is CC1CN(CCc2ccc([N+](=O)[O-])cc2)CCC1Nc1ccccc1. The molecular weight excluding hydrogens is 314 g/mol. The van der Waals surface area contributed by atoms with Crippen LogP contribution >= 0.6 is 0 Å². The fraction of sp³-hybridized carbons (Fsp3) is 0.400. The predicted octanol–water partition coefficient (Wildman–Crippen LogP) is 3.96. The van der Waals surface area contributed by atoms with Gasteiger partial charge in [-0.25, -0.2) is 0 Å². The number of anilines is 1. The molecule has 132 valence electrons. The lowest BCUT2D eigenvalue weighted by molar-refractivity contribution is -0.384. The van der Waals surface area contributed by atoms with E-state index in [4.69, 9.17) is 0 Å². The van der Waals surface area contributed by atoms with E-state index in [1.165, 1.54) is 5.69 Å². The third-order valence-electron chi connectivity index (χ3n) is 4.98. The Labute approximate surface area is 148 Å². The van der Waals surface area contributed by atoms with E-state index in [0.29, 0.717) is 12.0 Å². The Hall–Kier alpha value is -2.40. The second-order valence-corrected chi connectivity index (χ2v) is 6.86. The Balaban J connectivity index is 1.47. The van der Waals surface area contributed by atoms with Crippen LogP contribution < -0.4 is 5.32 Å². The van der Waals surface area contributed by atoms with Crippen molar-refractivity contribution in [1.82, 2.24) is 4.90 Å². The molecule has 2 aromatic carbocycles. The summed E-state index contributed by atoms with van der Waals surface area (Å²) in [5.74, 6) is 0.589. The van der Waals surface area contributed by atoms with Crippen LogP contribution in [0.15, 0.2) is 54.6 Å². The molecule has 0 amide bonds. The standard InChI is InChI=1S/C20H25N3O2/c1-16-15-22(13-11-17-7-9-19(10-8-17)23(24)25)14-12-20(16)21-18-5-3-2-4-6-18/h2-10,16,20-21H,11-15H2,1H3. The smallest absolute Gasteiger partial charge is 0.269 e. The maximum atomic E-state index is 10.7. The van der Waals surface area contributed by atoms with Crippen molar-refractivity contribution in [3.63, 3.8) is 0 Å². The summed E-state index contributed by atoms with van der Waals surface area (Å²) in [7, 11) is 0. The summed E-state index contributed by atoms with van der Waals surface area (Å²) in [4.78, 5) is 12.9. The first-order valence-electron chi connectivity index (χ1n) is 8.89. The van der Waals surface area contributed by atoms with Crippen LogP contribution in [0.4, 0.5) is 11.4 Å². The van der Waals surface area contributed by atoms with Gasteiger partial charge in [0.15, 0.2) is 0 Å². The van der Waals surface area contributed by atoms with E-state index in [1.807, 2.05) is 18.2 Å². The van der Waals surface area contributed by atoms with Gasteiger partial charge in [0.2, 0.25) is 0 Å². The lowest BCUT2D eigenvalue weighted by Gasteiger charge is -2.37. The van der Waals surface area contributed by atoms with Crippen LogP contribution in [-0.2, 0) is 6.42 Å². The average molecular weight is 339 g/mol. The lowest BCUT2D eigenvalue weighted by atomic mass is 9.93. The summed E-state index contributed by atoms with van der Waals surface area (Å²) >= 11 is 0. The summed E-state index contributed by atoms with van der Waals surface area (Å²) < 4.78 is 0. The molecule has 1 aliphatic rings. The normalized spacial score (nSPS) is 21.0. The zero-order chi connectivity index (χ0) is 17.6. The van der Waals surface area contributed by atoms with Crippen LogP contribution in [-0.4, -0.2) is 35.5 Å². The lowest BCUT2D eigenvalue weighted by Crippen LogP contribution is -2.45. The highest BCUT2D eigenvalue weighted by atomic mass is 16.6. The van der Waals surface area contributed by atoms with Crippen LogP contribution in [0.5, 0.6) is 0 Å². The third-order valence-corrected chi connectivity index (χ3v) is 4.98. The van der Waals surface area contributed by atoms with E-state index in [1.54, 1.807) is 12.1 Å². The van der Waals surface area contributed by atoms with Crippen molar-refractivity contribution >= 4 is 11.4 Å². The first-order valence-corrected chi connectivity index (χ1v) is 8.89. The maximum absolute atomic E-state index is 10.7. The molecule has 2 atom stereocenters. The number of likely N-dealkylation sites (tertiary alicyclic amines) is 1. The van der Waals surface area contributed by atoms with Crippen LogP contribution in [0.3, 0.4) is 0 Å². The van der Waals surface area contributed by atoms with Gasteiger partial charge in [0, 0.05) is 43.5 Å². The van der Waals surface area contributed by atoms with Crippen LogP contribution in [0.1, 0.15) is 18.9 Å². The molecule has 2 unspecified atom stereocenters. The van der Waals surface area contributed by atoms with E-state index in [2.05, 4.69) is 41.4 Å². The molecular formula is C20H25N3O2. The molecule has 0 spiro atoms. The van der Waals surface area contributed by atoms with Gasteiger partial charge in [0.05, 0.1) is 4.92 Å². The van der Waals surface area contributed by atoms with Crippen molar-refractivity contribution in [1.29, 1.82) is 0 Å². The molecule has 0 aliphatic carbocycles.